The zero-order valence-electron chi connectivity index (χ0n) is 21.5. The fraction of sp³-hybridized carbons (Fsp3) is 0.462. The van der Waals surface area contributed by atoms with Gasteiger partial charge in [-0.05, 0) is 49.1 Å². The van der Waals surface area contributed by atoms with Crippen molar-refractivity contribution >= 4 is 27.7 Å². The second-order valence-corrected chi connectivity index (χ2v) is 10.7. The number of benzene rings is 2. The maximum atomic E-state index is 13.7. The van der Waals surface area contributed by atoms with Gasteiger partial charge in [-0.25, -0.2) is 8.70 Å². The summed E-state index contributed by atoms with van der Waals surface area (Å²) in [5.41, 5.74) is 1.15. The normalized spacial score (nSPS) is 12.3. The molecule has 2 aromatic rings. The number of halogens is 1. The zero-order valence-corrected chi connectivity index (χ0v) is 22.3. The Morgan fingerprint density at radius 3 is 2.19 bits per heavy atom. The minimum Gasteiger partial charge on any atom is -0.354 e. The lowest BCUT2D eigenvalue weighted by Crippen LogP contribution is -2.54. The van der Waals surface area contributed by atoms with E-state index >= 15 is 0 Å². The molecule has 36 heavy (non-hydrogen) atoms. The topological polar surface area (TPSA) is 90.0 Å². The lowest BCUT2D eigenvalue weighted by atomic mass is 10.1. The van der Waals surface area contributed by atoms with Crippen molar-refractivity contribution in [1.82, 2.24) is 14.5 Å². The fourth-order valence-electron chi connectivity index (χ4n) is 3.73. The van der Waals surface area contributed by atoms with Crippen LogP contribution in [-0.2, 0) is 26.2 Å². The van der Waals surface area contributed by atoms with Crippen LogP contribution < -0.4 is 9.62 Å². The molecule has 0 unspecified atom stereocenters. The van der Waals surface area contributed by atoms with E-state index in [0.717, 1.165) is 39.1 Å². The van der Waals surface area contributed by atoms with E-state index < -0.39 is 34.5 Å². The summed E-state index contributed by atoms with van der Waals surface area (Å²) in [6.07, 6.45) is 2.61. The molecule has 0 radical (unpaired) electrons. The Morgan fingerprint density at radius 2 is 1.64 bits per heavy atom. The van der Waals surface area contributed by atoms with Crippen molar-refractivity contribution in [2.45, 2.75) is 45.6 Å². The number of nitrogens with one attached hydrogen (secondary N) is 1. The third-order valence-electron chi connectivity index (χ3n) is 5.83. The third kappa shape index (κ3) is 8.03. The first-order valence-corrected chi connectivity index (χ1v) is 13.6. The molecule has 0 saturated heterocycles. The number of amides is 2. The van der Waals surface area contributed by atoms with Crippen molar-refractivity contribution in [3.8, 4) is 0 Å². The van der Waals surface area contributed by atoms with Crippen molar-refractivity contribution in [2.75, 3.05) is 38.0 Å². The minimum atomic E-state index is -4.07. The molecular formula is C26H37FN4O4S. The Bertz CT molecular complexity index is 1080. The molecule has 0 heterocycles. The highest BCUT2D eigenvalue weighted by atomic mass is 32.2. The summed E-state index contributed by atoms with van der Waals surface area (Å²) >= 11 is 0. The van der Waals surface area contributed by atoms with Crippen LogP contribution in [0.15, 0.2) is 54.6 Å². The summed E-state index contributed by atoms with van der Waals surface area (Å²) in [6, 6.07) is 13.7. The van der Waals surface area contributed by atoms with Gasteiger partial charge in [-0.15, -0.1) is 0 Å². The smallest absolute Gasteiger partial charge is 0.304 e. The highest BCUT2D eigenvalue weighted by Crippen LogP contribution is 2.21. The van der Waals surface area contributed by atoms with Crippen LogP contribution in [0.4, 0.5) is 10.1 Å². The molecule has 2 aromatic carbocycles. The van der Waals surface area contributed by atoms with Crippen LogP contribution in [-0.4, -0.2) is 69.2 Å². The van der Waals surface area contributed by atoms with Gasteiger partial charge in [0.1, 0.15) is 18.4 Å². The van der Waals surface area contributed by atoms with Crippen LogP contribution in [0, 0.1) is 5.82 Å². The van der Waals surface area contributed by atoms with Crippen molar-refractivity contribution in [1.29, 1.82) is 0 Å². The van der Waals surface area contributed by atoms with Gasteiger partial charge in [-0.2, -0.15) is 12.7 Å². The first-order valence-electron chi connectivity index (χ1n) is 12.2. The van der Waals surface area contributed by atoms with E-state index in [1.807, 2.05) is 44.2 Å². The molecule has 0 aromatic heterocycles. The largest absolute Gasteiger partial charge is 0.354 e. The second-order valence-electron chi connectivity index (χ2n) is 8.66. The molecule has 2 rings (SSSR count). The zero-order chi connectivity index (χ0) is 26.7. The first-order chi connectivity index (χ1) is 17.1. The van der Waals surface area contributed by atoms with E-state index in [9.17, 15) is 22.4 Å². The fourth-order valence-corrected chi connectivity index (χ4v) is 4.78. The first kappa shape index (κ1) is 29.3. The van der Waals surface area contributed by atoms with E-state index in [1.54, 1.807) is 0 Å². The van der Waals surface area contributed by atoms with Crippen LogP contribution in [0.25, 0.3) is 0 Å². The van der Waals surface area contributed by atoms with Crippen LogP contribution >= 0.6 is 0 Å². The Labute approximate surface area is 214 Å². The number of carbonyl (C=O) groups is 2. The van der Waals surface area contributed by atoms with Gasteiger partial charge < -0.3 is 10.2 Å². The number of rotatable bonds is 14. The molecule has 10 heteroatoms. The molecule has 0 aliphatic rings. The Kier molecular flexibility index (Phi) is 11.3. The summed E-state index contributed by atoms with van der Waals surface area (Å²) < 4.78 is 41.7. The third-order valence-corrected chi connectivity index (χ3v) is 7.65. The van der Waals surface area contributed by atoms with E-state index in [2.05, 4.69) is 5.32 Å². The van der Waals surface area contributed by atoms with Gasteiger partial charge in [0.15, 0.2) is 0 Å². The summed E-state index contributed by atoms with van der Waals surface area (Å²) in [6.45, 7) is 4.06. The molecule has 0 bridgehead atoms. The number of anilines is 1. The van der Waals surface area contributed by atoms with Gasteiger partial charge in [-0.3, -0.25) is 9.59 Å². The molecule has 198 valence electrons. The standard InChI is InChI=1S/C26H37FN4O4S/c1-5-7-18-28-26(33)24(6-2)30(19-17-21-11-9-8-10-12-21)25(32)20-31(36(34,35)29(3)4)23-15-13-22(27)14-16-23/h8-16,24H,5-7,17-20H2,1-4H3,(H,28,33)/t24-/m0/s1. The maximum Gasteiger partial charge on any atom is 0.304 e. The van der Waals surface area contributed by atoms with E-state index in [4.69, 9.17) is 0 Å². The second kappa shape index (κ2) is 13.9. The van der Waals surface area contributed by atoms with E-state index in [1.165, 1.54) is 31.1 Å². The van der Waals surface area contributed by atoms with Crippen LogP contribution in [0.3, 0.4) is 0 Å². The predicted octanol–water partition coefficient (Wildman–Crippen LogP) is 3.20. The molecule has 0 aliphatic carbocycles. The molecule has 0 spiro atoms. The number of hydrogen-bond acceptors (Lipinski definition) is 4. The Morgan fingerprint density at radius 1 is 1.00 bits per heavy atom. The van der Waals surface area contributed by atoms with Crippen molar-refractivity contribution in [3.63, 3.8) is 0 Å². The molecule has 0 fully saturated rings. The molecular weight excluding hydrogens is 483 g/mol. The van der Waals surface area contributed by atoms with Gasteiger partial charge in [0.2, 0.25) is 11.8 Å². The maximum absolute atomic E-state index is 13.7. The van der Waals surface area contributed by atoms with E-state index in [-0.39, 0.29) is 18.1 Å². The number of hydrogen-bond donors (Lipinski definition) is 1. The Balaban J connectivity index is 2.38. The summed E-state index contributed by atoms with van der Waals surface area (Å²) in [5.74, 6) is -1.30. The predicted molar refractivity (Wildman–Crippen MR) is 140 cm³/mol. The average molecular weight is 521 g/mol. The molecule has 0 saturated carbocycles. The van der Waals surface area contributed by atoms with Crippen molar-refractivity contribution < 1.29 is 22.4 Å². The summed E-state index contributed by atoms with van der Waals surface area (Å²) in [7, 11) is -1.35. The Hall–Kier alpha value is -2.98. The number of unbranched alkanes of at least 4 members (excludes halogenated alkanes) is 1. The van der Waals surface area contributed by atoms with Gasteiger partial charge in [0.25, 0.3) is 0 Å². The van der Waals surface area contributed by atoms with Gasteiger partial charge in [-0.1, -0.05) is 50.6 Å². The van der Waals surface area contributed by atoms with Gasteiger partial charge in [0, 0.05) is 27.2 Å². The van der Waals surface area contributed by atoms with Crippen molar-refractivity contribution in [2.24, 2.45) is 0 Å². The van der Waals surface area contributed by atoms with Gasteiger partial charge >= 0.3 is 10.2 Å². The van der Waals surface area contributed by atoms with Crippen LogP contribution in [0.1, 0.15) is 38.7 Å². The number of carbonyl (C=O) groups excluding carboxylic acids is 2. The van der Waals surface area contributed by atoms with Crippen molar-refractivity contribution in [3.05, 3.63) is 66.0 Å². The highest BCUT2D eigenvalue weighted by molar-refractivity contribution is 7.90. The SMILES string of the molecule is CCCCNC(=O)[C@H](CC)N(CCc1ccccc1)C(=O)CN(c1ccc(F)cc1)S(=O)(=O)N(C)C. The quantitative estimate of drug-likeness (QED) is 0.388. The average Bonchev–Trinajstić information content (AvgIpc) is 2.86. The monoisotopic (exact) mass is 520 g/mol. The summed E-state index contributed by atoms with van der Waals surface area (Å²) in [4.78, 5) is 28.1. The molecule has 1 atom stereocenters. The lowest BCUT2D eigenvalue weighted by molar-refractivity contribution is -0.139. The summed E-state index contributed by atoms with van der Waals surface area (Å²) in [5, 5.41) is 2.89. The molecule has 0 aliphatic heterocycles. The highest BCUT2D eigenvalue weighted by Gasteiger charge is 2.33. The lowest BCUT2D eigenvalue weighted by Gasteiger charge is -2.34. The van der Waals surface area contributed by atoms with Crippen LogP contribution in [0.2, 0.25) is 0 Å². The minimum absolute atomic E-state index is 0.155. The van der Waals surface area contributed by atoms with Gasteiger partial charge in [0.05, 0.1) is 5.69 Å². The molecule has 2 amide bonds. The van der Waals surface area contributed by atoms with E-state index in [0.29, 0.717) is 19.4 Å². The van der Waals surface area contributed by atoms with Crippen LogP contribution in [0.5, 0.6) is 0 Å². The number of nitrogens with zero attached hydrogens (tertiary/aromatic N) is 3. The molecule has 1 N–H and O–H groups in total. The molecule has 8 nitrogen and oxygen atoms in total.